The van der Waals surface area contributed by atoms with Gasteiger partial charge in [0.05, 0.1) is 5.56 Å². The Balaban J connectivity index is 1.16. The van der Waals surface area contributed by atoms with Crippen LogP contribution in [0.1, 0.15) is 81.3 Å². The molecule has 9 heteroatoms. The predicted molar refractivity (Wildman–Crippen MR) is 163 cm³/mol. The fourth-order valence-corrected chi connectivity index (χ4v) is 6.34. The average molecular weight is 582 g/mol. The maximum Gasteiger partial charge on any atom is 0.410 e. The molecule has 0 radical (unpaired) electrons. The van der Waals surface area contributed by atoms with Crippen LogP contribution in [-0.4, -0.2) is 63.8 Å². The van der Waals surface area contributed by atoms with E-state index in [1.807, 2.05) is 46.0 Å². The van der Waals surface area contributed by atoms with Gasteiger partial charge in [-0.05, 0) is 89.3 Å². The van der Waals surface area contributed by atoms with Crippen molar-refractivity contribution in [1.29, 1.82) is 0 Å². The molecule has 1 N–H and O–H groups in total. The molecule has 1 aliphatic carbocycles. The highest BCUT2D eigenvalue weighted by atomic mass is 16.6. The predicted octanol–water partition coefficient (Wildman–Crippen LogP) is 5.60. The number of hydrogen-bond acceptors (Lipinski definition) is 7. The molecule has 1 spiro atoms. The molecule has 9 nitrogen and oxygen atoms in total. The number of anilines is 1. The van der Waals surface area contributed by atoms with Gasteiger partial charge in [0.2, 0.25) is 5.91 Å². The zero-order valence-electron chi connectivity index (χ0n) is 25.4. The molecule has 43 heavy (non-hydrogen) atoms. The molecular weight excluding hydrogens is 542 g/mol. The zero-order chi connectivity index (χ0) is 30.2. The topological polar surface area (TPSA) is 107 Å². The maximum absolute atomic E-state index is 13.4. The van der Waals surface area contributed by atoms with Crippen LogP contribution in [0.2, 0.25) is 0 Å². The van der Waals surface area contributed by atoms with Gasteiger partial charge in [-0.15, -0.1) is 0 Å². The number of pyridine rings is 3. The van der Waals surface area contributed by atoms with Crippen molar-refractivity contribution >= 4 is 28.6 Å². The molecule has 3 aliphatic rings. The van der Waals surface area contributed by atoms with Crippen LogP contribution in [0, 0.1) is 30.1 Å². The van der Waals surface area contributed by atoms with Gasteiger partial charge in [-0.1, -0.05) is 12.0 Å². The molecule has 2 aliphatic heterocycles. The molecule has 0 aromatic carbocycles. The highest BCUT2D eigenvalue weighted by Gasteiger charge is 2.60. The molecule has 224 valence electrons. The molecule has 2 amide bonds. The Morgan fingerprint density at radius 3 is 2.63 bits per heavy atom. The Morgan fingerprint density at radius 2 is 1.88 bits per heavy atom. The second kappa shape index (κ2) is 11.6. The summed E-state index contributed by atoms with van der Waals surface area (Å²) in [7, 11) is 0. The van der Waals surface area contributed by atoms with Gasteiger partial charge in [0.1, 0.15) is 17.1 Å². The summed E-state index contributed by atoms with van der Waals surface area (Å²) in [4.78, 5) is 41.4. The third-order valence-electron chi connectivity index (χ3n) is 8.79. The highest BCUT2D eigenvalue weighted by molar-refractivity contribution is 5.97. The van der Waals surface area contributed by atoms with E-state index in [-0.39, 0.29) is 23.3 Å². The number of carbonyl (C=O) groups excluding carboxylic acids is 2. The summed E-state index contributed by atoms with van der Waals surface area (Å²) in [5.74, 6) is 7.16. The van der Waals surface area contributed by atoms with E-state index in [1.165, 1.54) is 5.56 Å². The SMILES string of the molecule is Cc1ncc(C#Cc2ccc(C3CCOCC3)cn2)c2cc(NC(=O)C3CC34CCCN(C(=O)OC(C)(C)C)C4)ncc12. The molecule has 1 saturated carbocycles. The van der Waals surface area contributed by atoms with Gasteiger partial charge in [0, 0.05) is 72.7 Å². The third kappa shape index (κ3) is 6.50. The summed E-state index contributed by atoms with van der Waals surface area (Å²) in [6.07, 6.45) is 9.70. The summed E-state index contributed by atoms with van der Waals surface area (Å²) in [6, 6.07) is 5.95. The first-order chi connectivity index (χ1) is 20.6. The van der Waals surface area contributed by atoms with Crippen molar-refractivity contribution < 1.29 is 19.1 Å². The molecule has 2 saturated heterocycles. The number of aryl methyl sites for hydroxylation is 1. The van der Waals surface area contributed by atoms with E-state index < -0.39 is 5.60 Å². The summed E-state index contributed by atoms with van der Waals surface area (Å²) in [5, 5.41) is 4.80. The van der Waals surface area contributed by atoms with Gasteiger partial charge >= 0.3 is 6.09 Å². The normalized spacial score (nSPS) is 22.1. The lowest BCUT2D eigenvalue weighted by Gasteiger charge is -2.34. The van der Waals surface area contributed by atoms with Crippen LogP contribution in [-0.2, 0) is 14.3 Å². The van der Waals surface area contributed by atoms with Gasteiger partial charge < -0.3 is 19.7 Å². The first-order valence-electron chi connectivity index (χ1n) is 15.2. The van der Waals surface area contributed by atoms with Crippen LogP contribution < -0.4 is 5.32 Å². The van der Waals surface area contributed by atoms with Gasteiger partial charge in [-0.2, -0.15) is 0 Å². The van der Waals surface area contributed by atoms with Gasteiger partial charge in [0.25, 0.3) is 0 Å². The van der Waals surface area contributed by atoms with Crippen molar-refractivity contribution in [3.05, 3.63) is 59.3 Å². The van der Waals surface area contributed by atoms with Crippen LogP contribution in [0.5, 0.6) is 0 Å². The lowest BCUT2D eigenvalue weighted by atomic mass is 9.92. The Bertz CT molecular complexity index is 1600. The fraction of sp³-hybridized carbons (Fsp3) is 0.500. The van der Waals surface area contributed by atoms with E-state index in [2.05, 4.69) is 38.2 Å². The number of hydrogen-bond donors (Lipinski definition) is 1. The Kier molecular flexibility index (Phi) is 7.82. The second-order valence-electron chi connectivity index (χ2n) is 13.1. The van der Waals surface area contributed by atoms with Crippen LogP contribution in [0.4, 0.5) is 10.6 Å². The quantitative estimate of drug-likeness (QED) is 0.401. The minimum Gasteiger partial charge on any atom is -0.444 e. The zero-order valence-corrected chi connectivity index (χ0v) is 25.4. The van der Waals surface area contributed by atoms with Crippen LogP contribution in [0.3, 0.4) is 0 Å². The van der Waals surface area contributed by atoms with Crippen molar-refractivity contribution in [1.82, 2.24) is 19.9 Å². The minimum atomic E-state index is -0.549. The molecule has 6 rings (SSSR count). The summed E-state index contributed by atoms with van der Waals surface area (Å²) in [5.41, 5.74) is 2.77. The highest BCUT2D eigenvalue weighted by Crippen LogP contribution is 2.58. The van der Waals surface area contributed by atoms with E-state index >= 15 is 0 Å². The fourth-order valence-electron chi connectivity index (χ4n) is 6.34. The smallest absolute Gasteiger partial charge is 0.410 e. The van der Waals surface area contributed by atoms with Crippen molar-refractivity contribution in [3.8, 4) is 11.8 Å². The van der Waals surface area contributed by atoms with E-state index in [4.69, 9.17) is 9.47 Å². The number of aromatic nitrogens is 3. The molecule has 5 heterocycles. The molecule has 3 aromatic rings. The summed E-state index contributed by atoms with van der Waals surface area (Å²) in [6.45, 7) is 10.3. The van der Waals surface area contributed by atoms with Crippen molar-refractivity contribution in [2.45, 2.75) is 71.3 Å². The third-order valence-corrected chi connectivity index (χ3v) is 8.79. The lowest BCUT2D eigenvalue weighted by molar-refractivity contribution is -0.118. The van der Waals surface area contributed by atoms with Gasteiger partial charge in [0.15, 0.2) is 0 Å². The van der Waals surface area contributed by atoms with E-state index in [0.29, 0.717) is 30.5 Å². The van der Waals surface area contributed by atoms with Crippen LogP contribution in [0.25, 0.3) is 10.8 Å². The van der Waals surface area contributed by atoms with E-state index in [1.54, 1.807) is 17.3 Å². The van der Waals surface area contributed by atoms with Gasteiger partial charge in [-0.3, -0.25) is 9.78 Å². The number of likely N-dealkylation sites (tertiary alicyclic amines) is 1. The van der Waals surface area contributed by atoms with Crippen molar-refractivity contribution in [3.63, 3.8) is 0 Å². The summed E-state index contributed by atoms with van der Waals surface area (Å²) >= 11 is 0. The molecule has 2 unspecified atom stereocenters. The monoisotopic (exact) mass is 581 g/mol. The van der Waals surface area contributed by atoms with Crippen molar-refractivity contribution in [2.24, 2.45) is 11.3 Å². The number of nitrogens with zero attached hydrogens (tertiary/aromatic N) is 4. The Hall–Kier alpha value is -4.03. The number of piperidine rings is 1. The lowest BCUT2D eigenvalue weighted by Crippen LogP contribution is -2.44. The standard InChI is InChI=1S/C34H39N5O4/c1-22-28-20-37-30(38-31(40)29-17-34(29)12-5-13-39(21-34)32(41)43-33(2,3)4)16-27(28)25(19-35-22)7-9-26-8-6-24(18-36-26)23-10-14-42-15-11-23/h6,8,16,18-20,23,29H,5,10-15,17,21H2,1-4H3,(H,37,38,40). The first kappa shape index (κ1) is 29.1. The van der Waals surface area contributed by atoms with Crippen molar-refractivity contribution in [2.75, 3.05) is 31.6 Å². The average Bonchev–Trinajstić information content (AvgIpc) is 3.69. The molecule has 2 atom stereocenters. The second-order valence-corrected chi connectivity index (χ2v) is 13.1. The number of amides is 2. The molecular formula is C34H39N5O4. The van der Waals surface area contributed by atoms with Gasteiger partial charge in [-0.25, -0.2) is 14.8 Å². The Morgan fingerprint density at radius 1 is 1.07 bits per heavy atom. The number of nitrogens with one attached hydrogen (secondary N) is 1. The van der Waals surface area contributed by atoms with E-state index in [9.17, 15) is 9.59 Å². The first-order valence-corrected chi connectivity index (χ1v) is 15.2. The minimum absolute atomic E-state index is 0.0647. The van der Waals surface area contributed by atoms with Crippen LogP contribution >= 0.6 is 0 Å². The number of fused-ring (bicyclic) bond motifs is 1. The number of rotatable bonds is 3. The molecule has 0 bridgehead atoms. The maximum atomic E-state index is 13.4. The molecule has 3 aromatic heterocycles. The summed E-state index contributed by atoms with van der Waals surface area (Å²) < 4.78 is 11.1. The largest absolute Gasteiger partial charge is 0.444 e. The van der Waals surface area contributed by atoms with E-state index in [0.717, 1.165) is 67.3 Å². The van der Waals surface area contributed by atoms with Crippen LogP contribution in [0.15, 0.2) is 36.8 Å². The number of carbonyl (C=O) groups is 2. The molecule has 3 fully saturated rings. The number of ether oxygens (including phenoxy) is 2. The Labute approximate surface area is 252 Å².